The van der Waals surface area contributed by atoms with Crippen LogP contribution in [0.2, 0.25) is 0 Å². The van der Waals surface area contributed by atoms with E-state index in [-0.39, 0.29) is 18.7 Å². The number of imidazole rings is 2. The lowest BCUT2D eigenvalue weighted by Crippen LogP contribution is -2.45. The molecule has 1 atom stereocenters. The van der Waals surface area contributed by atoms with Gasteiger partial charge in [0.15, 0.2) is 0 Å². The molecule has 0 saturated carbocycles. The standard InChI is InChI=1S/C28H32F3N7O/c29-28(30,31)12-4-7-24(36-17-21-5-2-1-3-6-21)37-27(39)23-10-8-22(9-11-23)18-38(19-25-32-13-14-33-25)20-26-34-15-16-35-26/h1-3,5-6,8-11,13-16,24,36H,4,7,12,17-20H2,(H,32,33)(H,34,35)(H,37,39). The summed E-state index contributed by atoms with van der Waals surface area (Å²) in [5.41, 5.74) is 2.41. The van der Waals surface area contributed by atoms with Crippen molar-refractivity contribution in [2.45, 2.75) is 57.8 Å². The van der Waals surface area contributed by atoms with Gasteiger partial charge < -0.3 is 15.3 Å². The lowest BCUT2D eigenvalue weighted by Gasteiger charge is -2.22. The normalized spacial score (nSPS) is 12.5. The van der Waals surface area contributed by atoms with E-state index in [2.05, 4.69) is 35.5 Å². The molecule has 8 nitrogen and oxygen atoms in total. The van der Waals surface area contributed by atoms with E-state index in [1.54, 1.807) is 36.9 Å². The smallest absolute Gasteiger partial charge is 0.348 e. The van der Waals surface area contributed by atoms with E-state index in [1.807, 2.05) is 42.5 Å². The maximum Gasteiger partial charge on any atom is 0.389 e. The van der Waals surface area contributed by atoms with Crippen LogP contribution in [0.15, 0.2) is 79.4 Å². The number of alkyl halides is 3. The summed E-state index contributed by atoms with van der Waals surface area (Å²) in [6, 6.07) is 16.7. The van der Waals surface area contributed by atoms with Crippen LogP contribution in [0.5, 0.6) is 0 Å². The Morgan fingerprint density at radius 3 is 2.08 bits per heavy atom. The number of H-pyrrole nitrogens is 2. The van der Waals surface area contributed by atoms with Crippen molar-refractivity contribution in [1.29, 1.82) is 0 Å². The van der Waals surface area contributed by atoms with Crippen molar-refractivity contribution in [2.24, 2.45) is 0 Å². The molecule has 0 bridgehead atoms. The Morgan fingerprint density at radius 2 is 1.51 bits per heavy atom. The molecule has 11 heteroatoms. The second-order valence-electron chi connectivity index (χ2n) is 9.31. The van der Waals surface area contributed by atoms with E-state index in [4.69, 9.17) is 0 Å². The molecule has 39 heavy (non-hydrogen) atoms. The summed E-state index contributed by atoms with van der Waals surface area (Å²) in [7, 11) is 0. The lowest BCUT2D eigenvalue weighted by molar-refractivity contribution is -0.135. The monoisotopic (exact) mass is 539 g/mol. The van der Waals surface area contributed by atoms with Gasteiger partial charge in [0.25, 0.3) is 5.91 Å². The first kappa shape index (κ1) is 28.1. The minimum atomic E-state index is -4.23. The Balaban J connectivity index is 1.36. The number of hydrogen-bond acceptors (Lipinski definition) is 5. The molecular weight excluding hydrogens is 507 g/mol. The van der Waals surface area contributed by atoms with E-state index in [9.17, 15) is 18.0 Å². The van der Waals surface area contributed by atoms with Gasteiger partial charge in [0.1, 0.15) is 11.6 Å². The van der Waals surface area contributed by atoms with Crippen LogP contribution in [-0.4, -0.2) is 43.1 Å². The fourth-order valence-electron chi connectivity index (χ4n) is 4.19. The van der Waals surface area contributed by atoms with Crippen LogP contribution >= 0.6 is 0 Å². The Kier molecular flexibility index (Phi) is 9.87. The summed E-state index contributed by atoms with van der Waals surface area (Å²) in [6.45, 7) is 2.20. The highest BCUT2D eigenvalue weighted by molar-refractivity contribution is 5.94. The summed E-state index contributed by atoms with van der Waals surface area (Å²) in [4.78, 5) is 30.0. The molecule has 2 aromatic heterocycles. The number of nitrogens with zero attached hydrogens (tertiary/aromatic N) is 3. The molecule has 0 aliphatic carbocycles. The molecule has 2 heterocycles. The van der Waals surface area contributed by atoms with E-state index < -0.39 is 18.8 Å². The van der Waals surface area contributed by atoms with Crippen LogP contribution in [0.1, 0.15) is 52.4 Å². The van der Waals surface area contributed by atoms with Crippen LogP contribution in [0.25, 0.3) is 0 Å². The molecule has 4 aromatic rings. The molecule has 0 aliphatic heterocycles. The first-order valence-corrected chi connectivity index (χ1v) is 12.8. The van der Waals surface area contributed by atoms with Gasteiger partial charge in [-0.25, -0.2) is 9.97 Å². The number of halogens is 3. The molecule has 1 amide bonds. The summed E-state index contributed by atoms with van der Waals surface area (Å²) in [5.74, 6) is 1.32. The third-order valence-corrected chi connectivity index (χ3v) is 6.13. The highest BCUT2D eigenvalue weighted by atomic mass is 19.4. The lowest BCUT2D eigenvalue weighted by atomic mass is 10.1. The number of aromatic amines is 2. The van der Waals surface area contributed by atoms with Gasteiger partial charge in [-0.05, 0) is 36.1 Å². The highest BCUT2D eigenvalue weighted by Gasteiger charge is 2.27. The minimum absolute atomic E-state index is 0.0870. The van der Waals surface area contributed by atoms with E-state index >= 15 is 0 Å². The number of rotatable bonds is 14. The van der Waals surface area contributed by atoms with Gasteiger partial charge in [-0.1, -0.05) is 42.5 Å². The maximum absolute atomic E-state index is 13.0. The van der Waals surface area contributed by atoms with Crippen molar-refractivity contribution in [3.05, 3.63) is 108 Å². The van der Waals surface area contributed by atoms with E-state index in [0.717, 1.165) is 22.8 Å². The van der Waals surface area contributed by atoms with E-state index in [0.29, 0.717) is 31.7 Å². The van der Waals surface area contributed by atoms with Crippen molar-refractivity contribution in [2.75, 3.05) is 0 Å². The summed E-state index contributed by atoms with van der Waals surface area (Å²) in [5, 5.41) is 6.04. The number of carbonyl (C=O) groups is 1. The third kappa shape index (κ3) is 9.69. The molecule has 0 aliphatic rings. The maximum atomic E-state index is 13.0. The Morgan fingerprint density at radius 1 is 0.872 bits per heavy atom. The van der Waals surface area contributed by atoms with Crippen molar-refractivity contribution >= 4 is 5.91 Å². The van der Waals surface area contributed by atoms with E-state index in [1.165, 1.54) is 0 Å². The van der Waals surface area contributed by atoms with Crippen LogP contribution in [-0.2, 0) is 26.2 Å². The average Bonchev–Trinajstić information content (AvgIpc) is 3.62. The number of nitrogens with one attached hydrogen (secondary N) is 4. The van der Waals surface area contributed by atoms with Gasteiger partial charge in [0, 0.05) is 49.9 Å². The third-order valence-electron chi connectivity index (χ3n) is 6.13. The number of aromatic nitrogens is 4. The van der Waals surface area contributed by atoms with Gasteiger partial charge in [0.05, 0.1) is 19.3 Å². The molecule has 4 rings (SSSR count). The van der Waals surface area contributed by atoms with Crippen LogP contribution < -0.4 is 10.6 Å². The van der Waals surface area contributed by atoms with Crippen molar-refractivity contribution in [3.8, 4) is 0 Å². The molecule has 2 aromatic carbocycles. The molecule has 206 valence electrons. The van der Waals surface area contributed by atoms with Crippen molar-refractivity contribution in [1.82, 2.24) is 35.5 Å². The molecule has 0 fully saturated rings. The fraction of sp³-hybridized carbons (Fsp3) is 0.321. The second-order valence-corrected chi connectivity index (χ2v) is 9.31. The average molecular weight is 540 g/mol. The van der Waals surface area contributed by atoms with Crippen LogP contribution in [0.3, 0.4) is 0 Å². The number of amides is 1. The quantitative estimate of drug-likeness (QED) is 0.171. The largest absolute Gasteiger partial charge is 0.389 e. The molecule has 0 radical (unpaired) electrons. The highest BCUT2D eigenvalue weighted by Crippen LogP contribution is 2.22. The number of hydrogen-bond donors (Lipinski definition) is 4. The second kappa shape index (κ2) is 13.7. The Hall–Kier alpha value is -3.96. The Bertz CT molecular complexity index is 1210. The predicted molar refractivity (Wildman–Crippen MR) is 141 cm³/mol. The van der Waals surface area contributed by atoms with Gasteiger partial charge in [-0.3, -0.25) is 15.0 Å². The zero-order chi connectivity index (χ0) is 27.5. The van der Waals surface area contributed by atoms with Crippen molar-refractivity contribution < 1.29 is 18.0 Å². The first-order valence-electron chi connectivity index (χ1n) is 12.8. The van der Waals surface area contributed by atoms with Gasteiger partial charge in [-0.2, -0.15) is 13.2 Å². The zero-order valence-corrected chi connectivity index (χ0v) is 21.4. The first-order chi connectivity index (χ1) is 18.8. The molecular formula is C28H32F3N7O. The topological polar surface area (TPSA) is 102 Å². The summed E-state index contributed by atoms with van der Waals surface area (Å²) in [6.07, 6.45) is 1.31. The summed E-state index contributed by atoms with van der Waals surface area (Å²) < 4.78 is 38.1. The van der Waals surface area contributed by atoms with Gasteiger partial charge in [-0.15, -0.1) is 0 Å². The number of benzene rings is 2. The molecule has 4 N–H and O–H groups in total. The van der Waals surface area contributed by atoms with Crippen LogP contribution in [0.4, 0.5) is 13.2 Å². The molecule has 0 spiro atoms. The number of carbonyl (C=O) groups excluding carboxylic acids is 1. The van der Waals surface area contributed by atoms with Crippen molar-refractivity contribution in [3.63, 3.8) is 0 Å². The summed E-state index contributed by atoms with van der Waals surface area (Å²) >= 11 is 0. The Labute approximate surface area is 225 Å². The van der Waals surface area contributed by atoms with Gasteiger partial charge >= 0.3 is 6.18 Å². The molecule has 0 saturated heterocycles. The van der Waals surface area contributed by atoms with Gasteiger partial charge in [0.2, 0.25) is 0 Å². The fourth-order valence-corrected chi connectivity index (χ4v) is 4.19. The zero-order valence-electron chi connectivity index (χ0n) is 21.4. The van der Waals surface area contributed by atoms with Crippen LogP contribution in [0, 0.1) is 0 Å². The molecule has 1 unspecified atom stereocenters. The predicted octanol–water partition coefficient (Wildman–Crippen LogP) is 4.91. The SMILES string of the molecule is O=C(NC(CCCC(F)(F)F)NCc1ccccc1)c1ccc(CN(Cc2ncc[nH]2)Cc2ncc[nH]2)cc1. The minimum Gasteiger partial charge on any atom is -0.348 e.